The van der Waals surface area contributed by atoms with Gasteiger partial charge in [-0.05, 0) is 87.9 Å². The van der Waals surface area contributed by atoms with Crippen LogP contribution in [0.5, 0.6) is 0 Å². The van der Waals surface area contributed by atoms with E-state index in [1.54, 1.807) is 24.3 Å². The highest BCUT2D eigenvalue weighted by Crippen LogP contribution is 2.37. The fourth-order valence-electron chi connectivity index (χ4n) is 7.17. The molecule has 8 aromatic carbocycles. The summed E-state index contributed by atoms with van der Waals surface area (Å²) in [6.07, 6.45) is 0. The number of nitrogens with zero attached hydrogens (tertiary/aromatic N) is 3. The van der Waals surface area contributed by atoms with Crippen molar-refractivity contribution in [2.24, 2.45) is 0 Å². The van der Waals surface area contributed by atoms with Crippen molar-refractivity contribution in [3.63, 3.8) is 0 Å². The van der Waals surface area contributed by atoms with Crippen LogP contribution in [0.3, 0.4) is 0 Å². The molecule has 0 bridgehead atoms. The van der Waals surface area contributed by atoms with Crippen LogP contribution in [0.25, 0.3) is 111 Å². The van der Waals surface area contributed by atoms with E-state index in [-0.39, 0.29) is 86.8 Å². The van der Waals surface area contributed by atoms with Crippen LogP contribution in [0.15, 0.2) is 197 Å². The monoisotopic (exact) mass is 723 g/mol. The smallest absolute Gasteiger partial charge is 0.164 e. The van der Waals surface area contributed by atoms with Gasteiger partial charge in [0, 0.05) is 38.2 Å². The van der Waals surface area contributed by atoms with E-state index in [9.17, 15) is 5.48 Å². The van der Waals surface area contributed by atoms with Gasteiger partial charge in [-0.2, -0.15) is 0 Å². The van der Waals surface area contributed by atoms with E-state index in [4.69, 9.17) is 26.5 Å². The number of hydrogen-bond acceptors (Lipinski definition) is 5. The van der Waals surface area contributed by atoms with Crippen LogP contribution >= 0.6 is 0 Å². The molecule has 0 N–H and O–H groups in total. The fourth-order valence-corrected chi connectivity index (χ4v) is 7.17. The zero-order valence-electron chi connectivity index (χ0n) is 35.6. The second kappa shape index (κ2) is 13.0. The summed E-state index contributed by atoms with van der Waals surface area (Å²) < 4.78 is 67.7. The van der Waals surface area contributed by atoms with Crippen molar-refractivity contribution < 1.29 is 17.1 Å². The molecule has 5 heteroatoms. The molecular weight excluding hydrogens is 687 g/mol. The summed E-state index contributed by atoms with van der Waals surface area (Å²) in [6.45, 7) is 0. The van der Waals surface area contributed by atoms with Crippen LogP contribution in [0.2, 0.25) is 0 Å². The van der Waals surface area contributed by atoms with Gasteiger partial charge in [0.25, 0.3) is 0 Å². The Morgan fingerprint density at radius 3 is 1.55 bits per heavy atom. The highest BCUT2D eigenvalue weighted by molar-refractivity contribution is 6.08. The molecule has 5 nitrogen and oxygen atoms in total. The minimum absolute atomic E-state index is 0.0176. The van der Waals surface area contributed by atoms with E-state index >= 15 is 0 Å². The molecule has 0 saturated heterocycles. The Morgan fingerprint density at radius 1 is 0.304 bits per heavy atom. The standard InChI is InChI=1S/C51H31N3O2/c1-4-10-32(11-5-1)35-16-18-36(19-17-35)49-52-50(39-23-27-46-44(29-39)41-24-20-38(30-47(41)55-46)34-14-8-3-9-15-34)54-51(53-49)40-21-25-42-43-28-37(33-12-6-2-7-13-33)22-26-45(43)56-48(42)31-40/h1-31H/i21D,22D,25D,26D,28D,31D. The van der Waals surface area contributed by atoms with Gasteiger partial charge in [-0.3, -0.25) is 0 Å². The molecule has 0 aliphatic rings. The Labute approximate surface area is 330 Å². The van der Waals surface area contributed by atoms with E-state index in [0.29, 0.717) is 22.3 Å². The molecule has 0 spiro atoms. The Balaban J connectivity index is 1.11. The van der Waals surface area contributed by atoms with Crippen LogP contribution in [0.4, 0.5) is 0 Å². The maximum absolute atomic E-state index is 9.51. The maximum atomic E-state index is 9.51. The maximum Gasteiger partial charge on any atom is 0.164 e. The van der Waals surface area contributed by atoms with Gasteiger partial charge in [0.2, 0.25) is 0 Å². The lowest BCUT2D eigenvalue weighted by Gasteiger charge is -2.09. The van der Waals surface area contributed by atoms with E-state index < -0.39 is 0 Å². The molecule has 0 saturated carbocycles. The van der Waals surface area contributed by atoms with Gasteiger partial charge in [0.1, 0.15) is 22.3 Å². The quantitative estimate of drug-likeness (QED) is 0.171. The molecular formula is C51H31N3O2. The molecule has 3 heterocycles. The third kappa shape index (κ3) is 5.62. The number of hydrogen-bond donors (Lipinski definition) is 0. The van der Waals surface area contributed by atoms with Crippen molar-refractivity contribution in [2.75, 3.05) is 0 Å². The molecule has 0 aliphatic heterocycles. The van der Waals surface area contributed by atoms with Gasteiger partial charge in [0.15, 0.2) is 17.5 Å². The lowest BCUT2D eigenvalue weighted by molar-refractivity contribution is 0.668. The molecule has 0 atom stereocenters. The molecule has 0 aliphatic carbocycles. The second-order valence-electron chi connectivity index (χ2n) is 13.5. The average molecular weight is 724 g/mol. The third-order valence-electron chi connectivity index (χ3n) is 10.0. The SMILES string of the molecule is [2H]c1c(-c2ccccc2)c([2H])c2c(oc3c([2H])c(-c4nc(-c5ccc(-c6ccccc6)cc5)nc(-c5ccc6oc7cc(-c8ccccc8)ccc7c6c5)n4)c([2H])c([2H])c32)c1[2H]. The summed E-state index contributed by atoms with van der Waals surface area (Å²) in [5.41, 5.74) is 7.39. The van der Waals surface area contributed by atoms with Crippen LogP contribution < -0.4 is 0 Å². The van der Waals surface area contributed by atoms with Gasteiger partial charge in [-0.25, -0.2) is 15.0 Å². The van der Waals surface area contributed by atoms with Crippen molar-refractivity contribution in [1.29, 1.82) is 0 Å². The molecule has 11 rings (SSSR count). The summed E-state index contributed by atoms with van der Waals surface area (Å²) in [4.78, 5) is 14.7. The lowest BCUT2D eigenvalue weighted by atomic mass is 10.0. The van der Waals surface area contributed by atoms with Gasteiger partial charge < -0.3 is 8.83 Å². The van der Waals surface area contributed by atoms with Gasteiger partial charge in [0.05, 0.1) is 8.22 Å². The van der Waals surface area contributed by atoms with Crippen LogP contribution in [0, 0.1) is 0 Å². The Bertz CT molecular complexity index is 3580. The predicted molar refractivity (Wildman–Crippen MR) is 227 cm³/mol. The Morgan fingerprint density at radius 2 is 0.839 bits per heavy atom. The van der Waals surface area contributed by atoms with E-state index in [0.717, 1.165) is 38.6 Å². The molecule has 56 heavy (non-hydrogen) atoms. The van der Waals surface area contributed by atoms with Crippen molar-refractivity contribution in [3.05, 3.63) is 188 Å². The highest BCUT2D eigenvalue weighted by atomic mass is 16.3. The van der Waals surface area contributed by atoms with Crippen molar-refractivity contribution in [2.45, 2.75) is 0 Å². The van der Waals surface area contributed by atoms with Crippen LogP contribution in [-0.2, 0) is 0 Å². The number of fused-ring (bicyclic) bond motifs is 6. The summed E-state index contributed by atoms with van der Waals surface area (Å²) >= 11 is 0. The zero-order valence-corrected chi connectivity index (χ0v) is 29.6. The van der Waals surface area contributed by atoms with E-state index in [1.165, 1.54) is 0 Å². The largest absolute Gasteiger partial charge is 0.456 e. The summed E-state index contributed by atoms with van der Waals surface area (Å²) in [5, 5.41) is 1.92. The first kappa shape index (κ1) is 26.2. The van der Waals surface area contributed by atoms with Crippen LogP contribution in [-0.4, -0.2) is 15.0 Å². The van der Waals surface area contributed by atoms with Crippen molar-refractivity contribution in [3.8, 4) is 67.5 Å². The first-order chi connectivity index (χ1) is 30.2. The number of benzene rings is 8. The molecule has 0 fully saturated rings. The fraction of sp³-hybridized carbons (Fsp3) is 0. The Hall–Kier alpha value is -7.63. The first-order valence-corrected chi connectivity index (χ1v) is 18.2. The molecule has 3 aromatic heterocycles. The molecule has 11 aromatic rings. The number of furan rings is 2. The van der Waals surface area contributed by atoms with Crippen molar-refractivity contribution >= 4 is 43.9 Å². The van der Waals surface area contributed by atoms with Gasteiger partial charge in [-0.1, -0.05) is 133 Å². The second-order valence-corrected chi connectivity index (χ2v) is 13.5. The van der Waals surface area contributed by atoms with Crippen molar-refractivity contribution in [1.82, 2.24) is 15.0 Å². The van der Waals surface area contributed by atoms with E-state index in [2.05, 4.69) is 18.2 Å². The van der Waals surface area contributed by atoms with E-state index in [1.807, 2.05) is 109 Å². The predicted octanol–water partition coefficient (Wildman–Crippen LogP) is 13.7. The molecule has 262 valence electrons. The third-order valence-corrected chi connectivity index (χ3v) is 10.0. The average Bonchev–Trinajstić information content (AvgIpc) is 3.91. The lowest BCUT2D eigenvalue weighted by Crippen LogP contribution is -2.00. The van der Waals surface area contributed by atoms with Crippen LogP contribution in [0.1, 0.15) is 8.22 Å². The molecule has 0 radical (unpaired) electrons. The first-order valence-electron chi connectivity index (χ1n) is 21.2. The topological polar surface area (TPSA) is 65.0 Å². The molecule has 0 amide bonds. The summed E-state index contributed by atoms with van der Waals surface area (Å²) in [7, 11) is 0. The van der Waals surface area contributed by atoms with Gasteiger partial charge >= 0.3 is 0 Å². The highest BCUT2D eigenvalue weighted by Gasteiger charge is 2.17. The normalized spacial score (nSPS) is 13.1. The Kier molecular flexibility index (Phi) is 6.10. The van der Waals surface area contributed by atoms with Gasteiger partial charge in [-0.15, -0.1) is 0 Å². The molecule has 0 unspecified atom stereocenters. The number of aromatic nitrogens is 3. The zero-order chi connectivity index (χ0) is 42.2. The summed E-state index contributed by atoms with van der Waals surface area (Å²) in [6, 6.07) is 47.1. The summed E-state index contributed by atoms with van der Waals surface area (Å²) in [5.74, 6) is 0.547. The minimum Gasteiger partial charge on any atom is -0.456 e. The minimum atomic E-state index is -0.347. The number of rotatable bonds is 6.